The van der Waals surface area contributed by atoms with Gasteiger partial charge in [0.15, 0.2) is 0 Å². The fourth-order valence-corrected chi connectivity index (χ4v) is 3.52. The maximum Gasteiger partial charge on any atom is 0.416 e. The first-order valence-electron chi connectivity index (χ1n) is 9.73. The molecule has 0 radical (unpaired) electrons. The van der Waals surface area contributed by atoms with Crippen LogP contribution in [0.1, 0.15) is 16.7 Å². The molecule has 4 nitrogen and oxygen atoms in total. The Bertz CT molecular complexity index is 1080. The van der Waals surface area contributed by atoms with Crippen molar-refractivity contribution in [3.05, 3.63) is 89.5 Å². The number of amides is 1. The summed E-state index contributed by atoms with van der Waals surface area (Å²) in [5.74, 6) is 0.435. The van der Waals surface area contributed by atoms with Crippen LogP contribution in [0.3, 0.4) is 0 Å². The third kappa shape index (κ3) is 4.66. The molecule has 1 atom stereocenters. The first kappa shape index (κ1) is 20.8. The molecule has 1 amide bonds. The Morgan fingerprint density at radius 2 is 1.81 bits per heavy atom. The molecule has 4 rings (SSSR count). The summed E-state index contributed by atoms with van der Waals surface area (Å²) in [6.45, 7) is 0.384. The van der Waals surface area contributed by atoms with Crippen LogP contribution in [-0.2, 0) is 23.9 Å². The number of ether oxygens (including phenoxy) is 2. The standard InChI is InChI=1S/C24H20F3NO3/c1-28(15-16-7-3-2-4-8-16)23(29)31-21-14-18-10-6-12-20(22(18)30-21)17-9-5-11-19(13-17)24(25,26)27/h2-13,21H,14-15H2,1H3. The highest BCUT2D eigenvalue weighted by atomic mass is 19.4. The summed E-state index contributed by atoms with van der Waals surface area (Å²) in [5, 5.41) is 0. The van der Waals surface area contributed by atoms with E-state index in [1.54, 1.807) is 25.2 Å². The zero-order valence-corrected chi connectivity index (χ0v) is 16.7. The molecule has 1 aliphatic rings. The van der Waals surface area contributed by atoms with E-state index in [0.29, 0.717) is 29.8 Å². The van der Waals surface area contributed by atoms with E-state index in [9.17, 15) is 18.0 Å². The van der Waals surface area contributed by atoms with Gasteiger partial charge in [0, 0.05) is 24.7 Å². The molecule has 160 valence electrons. The number of carbonyl (C=O) groups excluding carboxylic acids is 1. The number of alkyl halides is 3. The molecule has 1 aliphatic heterocycles. The van der Waals surface area contributed by atoms with Crippen LogP contribution in [0.5, 0.6) is 5.75 Å². The van der Waals surface area contributed by atoms with Crippen LogP contribution in [0.4, 0.5) is 18.0 Å². The van der Waals surface area contributed by atoms with E-state index in [1.165, 1.54) is 11.0 Å². The topological polar surface area (TPSA) is 38.8 Å². The Morgan fingerprint density at radius 1 is 1.06 bits per heavy atom. The molecular formula is C24H20F3NO3. The second-order valence-corrected chi connectivity index (χ2v) is 7.35. The predicted octanol–water partition coefficient (Wildman–Crippen LogP) is 5.90. The number of para-hydroxylation sites is 1. The molecule has 0 bridgehead atoms. The number of carbonyl (C=O) groups is 1. The van der Waals surface area contributed by atoms with E-state index in [0.717, 1.165) is 23.3 Å². The molecule has 3 aromatic carbocycles. The molecule has 0 saturated carbocycles. The summed E-state index contributed by atoms with van der Waals surface area (Å²) in [5.41, 5.74) is 1.92. The van der Waals surface area contributed by atoms with E-state index in [-0.39, 0.29) is 0 Å². The number of fused-ring (bicyclic) bond motifs is 1. The van der Waals surface area contributed by atoms with E-state index in [2.05, 4.69) is 0 Å². The first-order valence-corrected chi connectivity index (χ1v) is 9.73. The van der Waals surface area contributed by atoms with Gasteiger partial charge in [-0.3, -0.25) is 0 Å². The van der Waals surface area contributed by atoms with Crippen LogP contribution in [0.15, 0.2) is 72.8 Å². The lowest BCUT2D eigenvalue weighted by molar-refractivity contribution is -0.137. The smallest absolute Gasteiger partial charge is 0.416 e. The second-order valence-electron chi connectivity index (χ2n) is 7.35. The van der Waals surface area contributed by atoms with Crippen LogP contribution in [0, 0.1) is 0 Å². The molecule has 0 N–H and O–H groups in total. The molecule has 1 heterocycles. The van der Waals surface area contributed by atoms with Crippen LogP contribution in [-0.4, -0.2) is 24.3 Å². The summed E-state index contributed by atoms with van der Waals surface area (Å²) in [6, 6.07) is 19.8. The minimum Gasteiger partial charge on any atom is -0.453 e. The fraction of sp³-hybridized carbons (Fsp3) is 0.208. The summed E-state index contributed by atoms with van der Waals surface area (Å²) in [7, 11) is 1.63. The van der Waals surface area contributed by atoms with E-state index in [1.807, 2.05) is 36.4 Å². The van der Waals surface area contributed by atoms with Crippen molar-refractivity contribution in [1.82, 2.24) is 4.90 Å². The van der Waals surface area contributed by atoms with Crippen molar-refractivity contribution in [3.8, 4) is 16.9 Å². The number of nitrogens with zero attached hydrogens (tertiary/aromatic N) is 1. The number of halogens is 3. The molecule has 0 aliphatic carbocycles. The summed E-state index contributed by atoms with van der Waals surface area (Å²) in [4.78, 5) is 13.9. The average molecular weight is 427 g/mol. The fourth-order valence-electron chi connectivity index (χ4n) is 3.52. The lowest BCUT2D eigenvalue weighted by Crippen LogP contribution is -2.32. The quantitative estimate of drug-likeness (QED) is 0.520. The third-order valence-electron chi connectivity index (χ3n) is 5.04. The second kappa shape index (κ2) is 8.34. The SMILES string of the molecule is CN(Cc1ccccc1)C(=O)OC1Cc2cccc(-c3cccc(C(F)(F)F)c3)c2O1. The van der Waals surface area contributed by atoms with Crippen molar-refractivity contribution in [2.24, 2.45) is 0 Å². The van der Waals surface area contributed by atoms with Crippen molar-refractivity contribution >= 4 is 6.09 Å². The number of rotatable bonds is 4. The van der Waals surface area contributed by atoms with E-state index >= 15 is 0 Å². The highest BCUT2D eigenvalue weighted by Crippen LogP contribution is 2.40. The lowest BCUT2D eigenvalue weighted by atomic mass is 9.99. The molecule has 31 heavy (non-hydrogen) atoms. The monoisotopic (exact) mass is 427 g/mol. The van der Waals surface area contributed by atoms with Crippen LogP contribution < -0.4 is 4.74 Å². The zero-order chi connectivity index (χ0) is 22.0. The van der Waals surface area contributed by atoms with Gasteiger partial charge in [0.25, 0.3) is 0 Å². The molecule has 0 spiro atoms. The van der Waals surface area contributed by atoms with Gasteiger partial charge in [-0.15, -0.1) is 0 Å². The van der Waals surface area contributed by atoms with Crippen LogP contribution in [0.2, 0.25) is 0 Å². The maximum absolute atomic E-state index is 13.1. The van der Waals surface area contributed by atoms with Gasteiger partial charge in [-0.2, -0.15) is 13.2 Å². The molecule has 0 fully saturated rings. The average Bonchev–Trinajstić information content (AvgIpc) is 3.16. The van der Waals surface area contributed by atoms with Gasteiger partial charge in [-0.05, 0) is 23.3 Å². The molecule has 0 aromatic heterocycles. The Morgan fingerprint density at radius 3 is 2.55 bits per heavy atom. The molecule has 0 saturated heterocycles. The molecule has 7 heteroatoms. The molecular weight excluding hydrogens is 407 g/mol. The lowest BCUT2D eigenvalue weighted by Gasteiger charge is -2.20. The summed E-state index contributed by atoms with van der Waals surface area (Å²) < 4.78 is 50.6. The van der Waals surface area contributed by atoms with Gasteiger partial charge in [0.2, 0.25) is 6.29 Å². The Kier molecular flexibility index (Phi) is 5.59. The van der Waals surface area contributed by atoms with Crippen LogP contribution >= 0.6 is 0 Å². The minimum atomic E-state index is -4.43. The van der Waals surface area contributed by atoms with Crippen LogP contribution in [0.25, 0.3) is 11.1 Å². The van der Waals surface area contributed by atoms with Gasteiger partial charge in [-0.1, -0.05) is 60.7 Å². The van der Waals surface area contributed by atoms with Crippen molar-refractivity contribution in [2.45, 2.75) is 25.4 Å². The zero-order valence-electron chi connectivity index (χ0n) is 16.7. The minimum absolute atomic E-state index is 0.326. The van der Waals surface area contributed by atoms with Crippen molar-refractivity contribution < 1.29 is 27.4 Å². The highest BCUT2D eigenvalue weighted by Gasteiger charge is 2.32. The van der Waals surface area contributed by atoms with Gasteiger partial charge >= 0.3 is 12.3 Å². The van der Waals surface area contributed by atoms with E-state index < -0.39 is 24.1 Å². The number of hydrogen-bond acceptors (Lipinski definition) is 3. The summed E-state index contributed by atoms with van der Waals surface area (Å²) in [6.07, 6.45) is -5.49. The third-order valence-corrected chi connectivity index (χ3v) is 5.04. The maximum atomic E-state index is 13.1. The van der Waals surface area contributed by atoms with Gasteiger partial charge in [0.1, 0.15) is 5.75 Å². The van der Waals surface area contributed by atoms with Gasteiger partial charge < -0.3 is 14.4 Å². The molecule has 3 aromatic rings. The van der Waals surface area contributed by atoms with Crippen molar-refractivity contribution in [1.29, 1.82) is 0 Å². The first-order chi connectivity index (χ1) is 14.8. The van der Waals surface area contributed by atoms with E-state index in [4.69, 9.17) is 9.47 Å². The van der Waals surface area contributed by atoms with Gasteiger partial charge in [-0.25, -0.2) is 4.79 Å². The summed E-state index contributed by atoms with van der Waals surface area (Å²) >= 11 is 0. The Balaban J connectivity index is 1.48. The largest absolute Gasteiger partial charge is 0.453 e. The highest BCUT2D eigenvalue weighted by molar-refractivity contribution is 5.74. The normalized spacial score (nSPS) is 15.2. The Labute approximate surface area is 177 Å². The van der Waals surface area contributed by atoms with Crippen molar-refractivity contribution in [2.75, 3.05) is 7.05 Å². The number of hydrogen-bond donors (Lipinski definition) is 0. The number of benzene rings is 3. The molecule has 1 unspecified atom stereocenters. The van der Waals surface area contributed by atoms with Crippen molar-refractivity contribution in [3.63, 3.8) is 0 Å². The van der Waals surface area contributed by atoms with Gasteiger partial charge in [0.05, 0.1) is 12.0 Å². The Hall–Kier alpha value is -3.48. The predicted molar refractivity (Wildman–Crippen MR) is 109 cm³/mol.